The van der Waals surface area contributed by atoms with Gasteiger partial charge in [-0.1, -0.05) is 112 Å². The Bertz CT molecular complexity index is 1180. The predicted molar refractivity (Wildman–Crippen MR) is 132 cm³/mol. The summed E-state index contributed by atoms with van der Waals surface area (Å²) >= 11 is 0. The van der Waals surface area contributed by atoms with Crippen LogP contribution in [0.3, 0.4) is 0 Å². The molecule has 0 N–H and O–H groups in total. The standard InChI is InChI=1S/C31H30/c1-4-22-20-24(6-3)30-28(21-22)27-19-13-14-23(5-2)29(27)31(30,25-15-9-7-10-16-25)26-17-11-8-12-18-26/h7-21H,4-6H2,1-3H3. The van der Waals surface area contributed by atoms with Crippen LogP contribution in [0.1, 0.15) is 59.7 Å². The van der Waals surface area contributed by atoms with Gasteiger partial charge < -0.3 is 0 Å². The fourth-order valence-electron chi connectivity index (χ4n) is 5.71. The molecule has 0 atom stereocenters. The van der Waals surface area contributed by atoms with E-state index in [4.69, 9.17) is 0 Å². The van der Waals surface area contributed by atoms with Crippen molar-refractivity contribution >= 4 is 0 Å². The summed E-state index contributed by atoms with van der Waals surface area (Å²) in [5.41, 5.74) is 12.6. The van der Waals surface area contributed by atoms with Gasteiger partial charge in [-0.05, 0) is 69.3 Å². The molecule has 0 heterocycles. The van der Waals surface area contributed by atoms with E-state index in [0.717, 1.165) is 19.3 Å². The van der Waals surface area contributed by atoms with Crippen molar-refractivity contribution in [2.75, 3.05) is 0 Å². The molecule has 0 unspecified atom stereocenters. The van der Waals surface area contributed by atoms with Gasteiger partial charge in [-0.15, -0.1) is 0 Å². The van der Waals surface area contributed by atoms with Crippen LogP contribution < -0.4 is 0 Å². The Labute approximate surface area is 186 Å². The first-order valence-electron chi connectivity index (χ1n) is 11.7. The fourth-order valence-corrected chi connectivity index (χ4v) is 5.71. The molecule has 4 aromatic carbocycles. The van der Waals surface area contributed by atoms with Gasteiger partial charge in [-0.25, -0.2) is 0 Å². The van der Waals surface area contributed by atoms with E-state index in [0.29, 0.717) is 0 Å². The molecule has 0 aromatic heterocycles. The number of fused-ring (bicyclic) bond motifs is 3. The monoisotopic (exact) mass is 402 g/mol. The molecule has 154 valence electrons. The second kappa shape index (κ2) is 7.85. The van der Waals surface area contributed by atoms with Crippen molar-refractivity contribution in [3.63, 3.8) is 0 Å². The van der Waals surface area contributed by atoms with Crippen LogP contribution in [-0.2, 0) is 24.7 Å². The lowest BCUT2D eigenvalue weighted by Crippen LogP contribution is -2.31. The minimum Gasteiger partial charge on any atom is -0.0622 e. The molecule has 1 aliphatic rings. The molecular weight excluding hydrogens is 372 g/mol. The number of hydrogen-bond acceptors (Lipinski definition) is 0. The Kier molecular flexibility index (Phi) is 5.02. The van der Waals surface area contributed by atoms with Crippen molar-refractivity contribution in [2.45, 2.75) is 45.4 Å². The van der Waals surface area contributed by atoms with E-state index >= 15 is 0 Å². The molecule has 31 heavy (non-hydrogen) atoms. The largest absolute Gasteiger partial charge is 0.0718 e. The molecule has 5 rings (SSSR count). The van der Waals surface area contributed by atoms with Gasteiger partial charge in [0.15, 0.2) is 0 Å². The number of benzene rings is 4. The third-order valence-electron chi connectivity index (χ3n) is 7.05. The predicted octanol–water partition coefficient (Wildman–Crippen LogP) is 7.74. The van der Waals surface area contributed by atoms with Crippen molar-refractivity contribution in [3.8, 4) is 11.1 Å². The summed E-state index contributed by atoms with van der Waals surface area (Å²) in [7, 11) is 0. The van der Waals surface area contributed by atoms with E-state index in [9.17, 15) is 0 Å². The van der Waals surface area contributed by atoms with Gasteiger partial charge in [-0.3, -0.25) is 0 Å². The number of hydrogen-bond donors (Lipinski definition) is 0. The van der Waals surface area contributed by atoms with E-state index in [1.54, 1.807) is 0 Å². The summed E-state index contributed by atoms with van der Waals surface area (Å²) in [6, 6.07) is 34.2. The molecule has 0 heteroatoms. The molecule has 0 aliphatic heterocycles. The van der Waals surface area contributed by atoms with E-state index in [1.807, 2.05) is 0 Å². The fraction of sp³-hybridized carbons (Fsp3) is 0.226. The van der Waals surface area contributed by atoms with E-state index < -0.39 is 0 Å². The Morgan fingerprint density at radius 1 is 0.516 bits per heavy atom. The molecule has 4 aromatic rings. The third-order valence-corrected chi connectivity index (χ3v) is 7.05. The lowest BCUT2D eigenvalue weighted by Gasteiger charge is -2.36. The first-order valence-corrected chi connectivity index (χ1v) is 11.7. The zero-order chi connectivity index (χ0) is 21.4. The molecule has 0 fully saturated rings. The molecular formula is C31H30. The first-order chi connectivity index (χ1) is 15.2. The van der Waals surface area contributed by atoms with Crippen LogP contribution in [0.4, 0.5) is 0 Å². The number of aryl methyl sites for hydroxylation is 3. The topological polar surface area (TPSA) is 0 Å². The van der Waals surface area contributed by atoms with Crippen LogP contribution in [-0.4, -0.2) is 0 Å². The van der Waals surface area contributed by atoms with Crippen LogP contribution in [0, 0.1) is 0 Å². The van der Waals surface area contributed by atoms with Gasteiger partial charge in [0, 0.05) is 0 Å². The van der Waals surface area contributed by atoms with Gasteiger partial charge in [0.05, 0.1) is 5.41 Å². The summed E-state index contributed by atoms with van der Waals surface area (Å²) < 4.78 is 0. The zero-order valence-corrected chi connectivity index (χ0v) is 18.8. The molecule has 0 saturated heterocycles. The molecule has 1 aliphatic carbocycles. The quantitative estimate of drug-likeness (QED) is 0.282. The van der Waals surface area contributed by atoms with Crippen LogP contribution in [0.25, 0.3) is 11.1 Å². The highest BCUT2D eigenvalue weighted by atomic mass is 14.5. The summed E-state index contributed by atoms with van der Waals surface area (Å²) in [6.07, 6.45) is 3.13. The average molecular weight is 403 g/mol. The molecule has 0 saturated carbocycles. The van der Waals surface area contributed by atoms with Gasteiger partial charge in [-0.2, -0.15) is 0 Å². The maximum absolute atomic E-state index is 2.46. The van der Waals surface area contributed by atoms with Gasteiger partial charge in [0.2, 0.25) is 0 Å². The smallest absolute Gasteiger partial charge is 0.0622 e. The van der Waals surface area contributed by atoms with Gasteiger partial charge >= 0.3 is 0 Å². The molecule has 0 bridgehead atoms. The molecule has 0 nitrogen and oxygen atoms in total. The third kappa shape index (κ3) is 2.82. The number of rotatable bonds is 5. The Morgan fingerprint density at radius 2 is 1.10 bits per heavy atom. The van der Waals surface area contributed by atoms with Crippen LogP contribution in [0.15, 0.2) is 91.0 Å². The summed E-state index contributed by atoms with van der Waals surface area (Å²) in [4.78, 5) is 0. The molecule has 0 radical (unpaired) electrons. The van der Waals surface area contributed by atoms with Crippen LogP contribution in [0.2, 0.25) is 0 Å². The minimum atomic E-state index is -0.280. The van der Waals surface area contributed by atoms with Crippen molar-refractivity contribution in [1.82, 2.24) is 0 Å². The highest BCUT2D eigenvalue weighted by molar-refractivity contribution is 5.89. The van der Waals surface area contributed by atoms with E-state index in [-0.39, 0.29) is 5.41 Å². The summed E-state index contributed by atoms with van der Waals surface area (Å²) in [5, 5.41) is 0. The minimum absolute atomic E-state index is 0.280. The second-order valence-corrected chi connectivity index (χ2v) is 8.56. The molecule has 0 amide bonds. The van der Waals surface area contributed by atoms with Crippen molar-refractivity contribution < 1.29 is 0 Å². The summed E-state index contributed by atoms with van der Waals surface area (Å²) in [5.74, 6) is 0. The van der Waals surface area contributed by atoms with Crippen molar-refractivity contribution in [1.29, 1.82) is 0 Å². The lowest BCUT2D eigenvalue weighted by molar-refractivity contribution is 0.743. The van der Waals surface area contributed by atoms with Crippen molar-refractivity contribution in [2.24, 2.45) is 0 Å². The maximum atomic E-state index is 2.46. The Balaban J connectivity index is 2.04. The van der Waals surface area contributed by atoms with Gasteiger partial charge in [0.25, 0.3) is 0 Å². The zero-order valence-electron chi connectivity index (χ0n) is 18.8. The van der Waals surface area contributed by atoms with Crippen LogP contribution in [0.5, 0.6) is 0 Å². The van der Waals surface area contributed by atoms with E-state index in [1.165, 1.54) is 50.1 Å². The normalized spacial score (nSPS) is 13.6. The first kappa shape index (κ1) is 19.8. The van der Waals surface area contributed by atoms with E-state index in [2.05, 4.69) is 112 Å². The van der Waals surface area contributed by atoms with Crippen molar-refractivity contribution in [3.05, 3.63) is 130 Å². The lowest BCUT2D eigenvalue weighted by atomic mass is 9.65. The second-order valence-electron chi connectivity index (χ2n) is 8.56. The highest BCUT2D eigenvalue weighted by Crippen LogP contribution is 2.58. The Hall–Kier alpha value is -3.12. The van der Waals surface area contributed by atoms with Crippen LogP contribution >= 0.6 is 0 Å². The molecule has 0 spiro atoms. The summed E-state index contributed by atoms with van der Waals surface area (Å²) in [6.45, 7) is 6.86. The van der Waals surface area contributed by atoms with Gasteiger partial charge in [0.1, 0.15) is 0 Å². The Morgan fingerprint density at radius 3 is 1.65 bits per heavy atom. The maximum Gasteiger partial charge on any atom is 0.0718 e. The average Bonchev–Trinajstić information content (AvgIpc) is 3.16. The highest BCUT2D eigenvalue weighted by Gasteiger charge is 2.48. The SMILES string of the molecule is CCc1cc(CC)c2c(c1)-c1cccc(CC)c1C2(c1ccccc1)c1ccccc1.